The first-order valence-electron chi connectivity index (χ1n) is 6.15. The van der Waals surface area contributed by atoms with Crippen LogP contribution in [0.5, 0.6) is 0 Å². The first-order valence-corrected chi connectivity index (χ1v) is 6.15. The van der Waals surface area contributed by atoms with Gasteiger partial charge in [0.05, 0.1) is 0 Å². The van der Waals surface area contributed by atoms with Crippen molar-refractivity contribution in [1.82, 2.24) is 20.5 Å². The number of hydrazine groups is 2. The van der Waals surface area contributed by atoms with Gasteiger partial charge in [-0.1, -0.05) is 0 Å². The Kier molecular flexibility index (Phi) is 3.51. The van der Waals surface area contributed by atoms with E-state index in [4.69, 9.17) is 0 Å². The van der Waals surface area contributed by atoms with Gasteiger partial charge in [0.1, 0.15) is 6.04 Å². The average molecular weight is 254 g/mol. The van der Waals surface area contributed by atoms with Crippen LogP contribution in [0, 0.1) is 0 Å². The summed E-state index contributed by atoms with van der Waals surface area (Å²) in [6, 6.07) is -0.854. The van der Waals surface area contributed by atoms with E-state index in [2.05, 4.69) is 5.43 Å². The lowest BCUT2D eigenvalue weighted by atomic mass is 10.0. The predicted molar refractivity (Wildman–Crippen MR) is 63.0 cm³/mol. The Bertz CT molecular complexity index is 384. The molecule has 1 atom stereocenters. The second-order valence-electron chi connectivity index (χ2n) is 4.54. The highest BCUT2D eigenvalue weighted by molar-refractivity contribution is 5.90. The lowest BCUT2D eigenvalue weighted by Crippen LogP contribution is -2.61. The van der Waals surface area contributed by atoms with Crippen LogP contribution in [-0.4, -0.2) is 58.9 Å². The molecular formula is C11H18N4O3. The van der Waals surface area contributed by atoms with E-state index in [1.165, 1.54) is 22.0 Å². The van der Waals surface area contributed by atoms with Crippen molar-refractivity contribution in [3.05, 3.63) is 0 Å². The first-order chi connectivity index (χ1) is 8.56. The fraction of sp³-hybridized carbons (Fsp3) is 0.727. The standard InChI is InChI=1S/C11H18N4O3/c1-8(16)9-4-3-6-14-10(17)5-7-13(12-2)11(18)15(9)14/h9,12H,3-7H2,1-2H3/t9-/m0/s1. The van der Waals surface area contributed by atoms with E-state index >= 15 is 0 Å². The summed E-state index contributed by atoms with van der Waals surface area (Å²) in [6.07, 6.45) is 1.63. The van der Waals surface area contributed by atoms with E-state index in [1.807, 2.05) is 0 Å². The van der Waals surface area contributed by atoms with Crippen molar-refractivity contribution < 1.29 is 14.4 Å². The number of fused-ring (bicyclic) bond motifs is 1. The van der Waals surface area contributed by atoms with Crippen molar-refractivity contribution in [1.29, 1.82) is 0 Å². The zero-order valence-electron chi connectivity index (χ0n) is 10.7. The zero-order valence-corrected chi connectivity index (χ0v) is 10.7. The molecule has 1 N–H and O–H groups in total. The molecule has 0 aromatic carbocycles. The summed E-state index contributed by atoms with van der Waals surface area (Å²) >= 11 is 0. The molecule has 0 saturated carbocycles. The highest BCUT2D eigenvalue weighted by atomic mass is 16.2. The molecule has 7 heteroatoms. The lowest BCUT2D eigenvalue weighted by molar-refractivity contribution is -0.153. The number of carbonyl (C=O) groups excluding carboxylic acids is 3. The number of hydrogen-bond donors (Lipinski definition) is 1. The number of nitrogens with one attached hydrogen (secondary N) is 1. The fourth-order valence-corrected chi connectivity index (χ4v) is 2.45. The molecule has 2 saturated heterocycles. The fourth-order valence-electron chi connectivity index (χ4n) is 2.45. The molecule has 7 nitrogen and oxygen atoms in total. The molecule has 2 fully saturated rings. The number of urea groups is 1. The van der Waals surface area contributed by atoms with Gasteiger partial charge in [0.2, 0.25) is 5.91 Å². The molecule has 2 rings (SSSR count). The van der Waals surface area contributed by atoms with Crippen molar-refractivity contribution in [2.75, 3.05) is 20.1 Å². The molecule has 2 heterocycles. The highest BCUT2D eigenvalue weighted by Crippen LogP contribution is 2.23. The van der Waals surface area contributed by atoms with Crippen LogP contribution in [0.2, 0.25) is 0 Å². The molecule has 0 radical (unpaired) electrons. The smallest absolute Gasteiger partial charge is 0.298 e. The summed E-state index contributed by atoms with van der Waals surface area (Å²) in [5.41, 5.74) is 2.76. The van der Waals surface area contributed by atoms with Gasteiger partial charge < -0.3 is 0 Å². The van der Waals surface area contributed by atoms with Gasteiger partial charge in [0.25, 0.3) is 0 Å². The minimum absolute atomic E-state index is 0.0844. The molecule has 0 bridgehead atoms. The van der Waals surface area contributed by atoms with Gasteiger partial charge >= 0.3 is 6.03 Å². The normalized spacial score (nSPS) is 25.0. The van der Waals surface area contributed by atoms with E-state index in [-0.39, 0.29) is 24.1 Å². The van der Waals surface area contributed by atoms with Gasteiger partial charge in [-0.2, -0.15) is 0 Å². The summed E-state index contributed by atoms with van der Waals surface area (Å²) < 4.78 is 0. The largest absolute Gasteiger partial charge is 0.353 e. The molecule has 0 spiro atoms. The number of nitrogens with zero attached hydrogens (tertiary/aromatic N) is 3. The second kappa shape index (κ2) is 4.93. The first kappa shape index (κ1) is 12.8. The number of amides is 3. The zero-order chi connectivity index (χ0) is 13.3. The maximum Gasteiger partial charge on any atom is 0.353 e. The Morgan fingerprint density at radius 1 is 1.33 bits per heavy atom. The van der Waals surface area contributed by atoms with Crippen molar-refractivity contribution in [3.63, 3.8) is 0 Å². The molecule has 2 aliphatic heterocycles. The van der Waals surface area contributed by atoms with Gasteiger partial charge in [-0.15, -0.1) is 0 Å². The second-order valence-corrected chi connectivity index (χ2v) is 4.54. The number of rotatable bonds is 2. The monoisotopic (exact) mass is 254 g/mol. The van der Waals surface area contributed by atoms with Crippen LogP contribution in [0.4, 0.5) is 4.79 Å². The summed E-state index contributed by atoms with van der Waals surface area (Å²) in [7, 11) is 1.63. The van der Waals surface area contributed by atoms with Crippen LogP contribution in [0.15, 0.2) is 0 Å². The van der Waals surface area contributed by atoms with E-state index in [0.29, 0.717) is 19.5 Å². The molecule has 2 aliphatic rings. The molecule has 0 unspecified atom stereocenters. The maximum absolute atomic E-state index is 12.3. The SMILES string of the molecule is CNN1CCC(=O)N2CCC[C@@H](C(C)=O)N2C1=O. The minimum atomic E-state index is -0.524. The number of hydrogen-bond acceptors (Lipinski definition) is 4. The highest BCUT2D eigenvalue weighted by Gasteiger charge is 2.41. The Morgan fingerprint density at radius 2 is 2.06 bits per heavy atom. The molecule has 0 aromatic heterocycles. The Hall–Kier alpha value is -1.63. The van der Waals surface area contributed by atoms with E-state index < -0.39 is 6.04 Å². The topological polar surface area (TPSA) is 73.0 Å². The third-order valence-corrected chi connectivity index (χ3v) is 3.41. The number of ketones is 1. The molecule has 0 aromatic rings. The maximum atomic E-state index is 12.3. The van der Waals surface area contributed by atoms with Crippen molar-refractivity contribution >= 4 is 17.7 Å². The molecule has 100 valence electrons. The van der Waals surface area contributed by atoms with Crippen LogP contribution >= 0.6 is 0 Å². The van der Waals surface area contributed by atoms with Crippen molar-refractivity contribution in [2.24, 2.45) is 0 Å². The minimum Gasteiger partial charge on any atom is -0.298 e. The van der Waals surface area contributed by atoms with Crippen LogP contribution < -0.4 is 5.43 Å². The quantitative estimate of drug-likeness (QED) is 0.737. The van der Waals surface area contributed by atoms with Gasteiger partial charge in [-0.25, -0.2) is 20.2 Å². The van der Waals surface area contributed by atoms with Crippen LogP contribution in [0.3, 0.4) is 0 Å². The van der Waals surface area contributed by atoms with Gasteiger partial charge in [0.15, 0.2) is 5.78 Å². The lowest BCUT2D eigenvalue weighted by Gasteiger charge is -2.42. The molecule has 3 amide bonds. The summed E-state index contributed by atoms with van der Waals surface area (Å²) in [6.45, 7) is 2.29. The summed E-state index contributed by atoms with van der Waals surface area (Å²) in [5, 5.41) is 4.12. The van der Waals surface area contributed by atoms with Crippen LogP contribution in [0.1, 0.15) is 26.2 Å². The molecule has 18 heavy (non-hydrogen) atoms. The van der Waals surface area contributed by atoms with Crippen molar-refractivity contribution in [2.45, 2.75) is 32.2 Å². The Morgan fingerprint density at radius 3 is 2.67 bits per heavy atom. The number of Topliss-reactive ketones (excluding diaryl/α,β-unsaturated/α-hetero) is 1. The van der Waals surface area contributed by atoms with Crippen LogP contribution in [0.25, 0.3) is 0 Å². The third kappa shape index (κ3) is 2.05. The van der Waals surface area contributed by atoms with E-state index in [9.17, 15) is 14.4 Å². The van der Waals surface area contributed by atoms with Gasteiger partial charge in [0, 0.05) is 26.6 Å². The molecule has 0 aliphatic carbocycles. The van der Waals surface area contributed by atoms with Crippen LogP contribution in [-0.2, 0) is 9.59 Å². The summed E-state index contributed by atoms with van der Waals surface area (Å²) in [5.74, 6) is -0.189. The number of carbonyl (C=O) groups is 3. The Balaban J connectivity index is 2.34. The average Bonchev–Trinajstić information content (AvgIpc) is 2.48. The van der Waals surface area contributed by atoms with E-state index in [1.54, 1.807) is 7.05 Å². The van der Waals surface area contributed by atoms with Gasteiger partial charge in [-0.3, -0.25) is 14.6 Å². The Labute approximate surface area is 106 Å². The third-order valence-electron chi connectivity index (χ3n) is 3.41. The summed E-state index contributed by atoms with van der Waals surface area (Å²) in [4.78, 5) is 35.9. The van der Waals surface area contributed by atoms with Gasteiger partial charge in [-0.05, 0) is 19.8 Å². The molecular weight excluding hydrogens is 236 g/mol. The predicted octanol–water partition coefficient (Wildman–Crippen LogP) is -0.256. The van der Waals surface area contributed by atoms with Crippen molar-refractivity contribution in [3.8, 4) is 0 Å². The van der Waals surface area contributed by atoms with E-state index in [0.717, 1.165) is 6.42 Å².